The third-order valence-corrected chi connectivity index (χ3v) is 8.13. The lowest BCUT2D eigenvalue weighted by molar-refractivity contribution is -0.140. The van der Waals surface area contributed by atoms with Gasteiger partial charge in [0.2, 0.25) is 11.8 Å². The molecule has 8 nitrogen and oxygen atoms in total. The van der Waals surface area contributed by atoms with Crippen LogP contribution in [0.1, 0.15) is 25.8 Å². The van der Waals surface area contributed by atoms with Crippen LogP contribution < -0.4 is 14.4 Å². The molecule has 0 saturated carbocycles. The van der Waals surface area contributed by atoms with E-state index in [0.717, 1.165) is 4.31 Å². The molecule has 0 aromatic heterocycles. The maximum absolute atomic E-state index is 13.9. The van der Waals surface area contributed by atoms with Crippen LogP contribution in [0.4, 0.5) is 5.69 Å². The summed E-state index contributed by atoms with van der Waals surface area (Å²) >= 11 is 6.37. The van der Waals surface area contributed by atoms with Crippen LogP contribution in [-0.2, 0) is 26.2 Å². The molecule has 3 aromatic rings. The first-order valence-corrected chi connectivity index (χ1v) is 14.1. The zero-order valence-corrected chi connectivity index (χ0v) is 23.2. The predicted molar refractivity (Wildman–Crippen MR) is 149 cm³/mol. The Morgan fingerprint density at radius 3 is 2.16 bits per heavy atom. The smallest absolute Gasteiger partial charge is 0.264 e. The molecule has 1 N–H and O–H groups in total. The van der Waals surface area contributed by atoms with Crippen molar-refractivity contribution < 1.29 is 22.7 Å². The Morgan fingerprint density at radius 2 is 1.58 bits per heavy atom. The summed E-state index contributed by atoms with van der Waals surface area (Å²) in [6, 6.07) is 20.6. The highest BCUT2D eigenvalue weighted by Gasteiger charge is 2.33. The molecule has 0 fully saturated rings. The number of likely N-dealkylation sites (N-methyl/N-ethyl adjacent to an activating group) is 1. The topological polar surface area (TPSA) is 96.0 Å². The maximum atomic E-state index is 13.9. The number of hydrogen-bond acceptors (Lipinski definition) is 5. The van der Waals surface area contributed by atoms with Gasteiger partial charge in [-0.2, -0.15) is 0 Å². The van der Waals surface area contributed by atoms with Gasteiger partial charge in [-0.05, 0) is 61.4 Å². The minimum absolute atomic E-state index is 0.0347. The lowest BCUT2D eigenvalue weighted by Gasteiger charge is -2.33. The van der Waals surface area contributed by atoms with Gasteiger partial charge in [-0.25, -0.2) is 8.42 Å². The van der Waals surface area contributed by atoms with Crippen LogP contribution in [0.25, 0.3) is 0 Å². The predicted octanol–water partition coefficient (Wildman–Crippen LogP) is 4.49. The molecule has 0 aliphatic rings. The van der Waals surface area contributed by atoms with Crippen LogP contribution in [0, 0.1) is 0 Å². The van der Waals surface area contributed by atoms with E-state index in [1.807, 2.05) is 6.92 Å². The molecule has 10 heteroatoms. The van der Waals surface area contributed by atoms with E-state index in [4.69, 9.17) is 16.3 Å². The molecule has 0 aliphatic heterocycles. The summed E-state index contributed by atoms with van der Waals surface area (Å²) in [6.45, 7) is 3.61. The average Bonchev–Trinajstić information content (AvgIpc) is 2.93. The normalized spacial score (nSPS) is 11.9. The minimum Gasteiger partial charge on any atom is -0.494 e. The number of carbonyl (C=O) groups is 2. The summed E-state index contributed by atoms with van der Waals surface area (Å²) in [5.41, 5.74) is 0.930. The Bertz CT molecular complexity index is 1330. The number of amides is 2. The van der Waals surface area contributed by atoms with E-state index in [2.05, 4.69) is 5.32 Å². The van der Waals surface area contributed by atoms with Crippen LogP contribution >= 0.6 is 11.6 Å². The van der Waals surface area contributed by atoms with Crippen molar-refractivity contribution in [2.45, 2.75) is 37.8 Å². The molecule has 1 atom stereocenters. The zero-order chi connectivity index (χ0) is 27.7. The Morgan fingerprint density at radius 1 is 0.947 bits per heavy atom. The van der Waals surface area contributed by atoms with E-state index in [-0.39, 0.29) is 23.0 Å². The summed E-state index contributed by atoms with van der Waals surface area (Å²) < 4.78 is 34.1. The second kappa shape index (κ2) is 13.3. The molecule has 0 unspecified atom stereocenters. The van der Waals surface area contributed by atoms with Gasteiger partial charge in [-0.3, -0.25) is 13.9 Å². The summed E-state index contributed by atoms with van der Waals surface area (Å²) in [5, 5.41) is 3.04. The minimum atomic E-state index is -4.13. The van der Waals surface area contributed by atoms with Gasteiger partial charge in [0.15, 0.2) is 0 Å². The number of carbonyl (C=O) groups excluding carboxylic acids is 2. The van der Waals surface area contributed by atoms with E-state index < -0.39 is 28.5 Å². The number of rotatable bonds is 12. The van der Waals surface area contributed by atoms with Gasteiger partial charge in [-0.15, -0.1) is 0 Å². The number of nitrogens with zero attached hydrogens (tertiary/aromatic N) is 2. The lowest BCUT2D eigenvalue weighted by atomic mass is 10.1. The lowest BCUT2D eigenvalue weighted by Crippen LogP contribution is -2.51. The van der Waals surface area contributed by atoms with Crippen molar-refractivity contribution in [3.8, 4) is 5.75 Å². The summed E-state index contributed by atoms with van der Waals surface area (Å²) in [5.74, 6) is -0.328. The third-order valence-electron chi connectivity index (χ3n) is 5.98. The van der Waals surface area contributed by atoms with Gasteiger partial charge in [0.25, 0.3) is 10.0 Å². The van der Waals surface area contributed by atoms with Crippen molar-refractivity contribution in [2.75, 3.05) is 24.5 Å². The molecule has 0 bridgehead atoms. The zero-order valence-electron chi connectivity index (χ0n) is 21.6. The number of benzene rings is 3. The van der Waals surface area contributed by atoms with Crippen molar-refractivity contribution >= 4 is 39.1 Å². The number of nitrogens with one attached hydrogen (secondary N) is 1. The molecule has 38 heavy (non-hydrogen) atoms. The fourth-order valence-electron chi connectivity index (χ4n) is 4.02. The number of anilines is 1. The highest BCUT2D eigenvalue weighted by Crippen LogP contribution is 2.27. The van der Waals surface area contributed by atoms with E-state index in [1.165, 1.54) is 24.1 Å². The molecule has 2 amide bonds. The SMILES string of the molecule is CCOc1ccc(N(CC(=O)N(Cc2ccccc2Cl)[C@H](CC)C(=O)NC)S(=O)(=O)c2ccccc2)cc1. The van der Waals surface area contributed by atoms with E-state index in [0.29, 0.717) is 29.4 Å². The highest BCUT2D eigenvalue weighted by molar-refractivity contribution is 7.92. The second-order valence-corrected chi connectivity index (χ2v) is 10.7. The number of sulfonamides is 1. The van der Waals surface area contributed by atoms with Gasteiger partial charge in [0, 0.05) is 18.6 Å². The molecule has 0 heterocycles. The molecule has 3 aromatic carbocycles. The first-order valence-electron chi connectivity index (χ1n) is 12.3. The number of halogens is 1. The van der Waals surface area contributed by atoms with E-state index >= 15 is 0 Å². The van der Waals surface area contributed by atoms with Gasteiger partial charge < -0.3 is 15.0 Å². The summed E-state index contributed by atoms with van der Waals surface area (Å²) in [4.78, 5) is 28.1. The molecule has 0 aliphatic carbocycles. The van der Waals surface area contributed by atoms with Crippen LogP contribution in [0.3, 0.4) is 0 Å². The standard InChI is InChI=1S/C28H32ClN3O5S/c1-4-26(28(34)30-3)31(19-21-11-9-10-14-25(21)29)27(33)20-32(22-15-17-23(18-16-22)37-5-2)38(35,36)24-12-7-6-8-13-24/h6-18,26H,4-5,19-20H2,1-3H3,(H,30,34)/t26-/m1/s1. The van der Waals surface area contributed by atoms with Crippen molar-refractivity contribution in [3.63, 3.8) is 0 Å². The second-order valence-electron chi connectivity index (χ2n) is 8.40. The average molecular weight is 558 g/mol. The molecule has 202 valence electrons. The third kappa shape index (κ3) is 6.85. The van der Waals surface area contributed by atoms with Gasteiger partial charge in [0.05, 0.1) is 17.2 Å². The van der Waals surface area contributed by atoms with E-state index in [9.17, 15) is 18.0 Å². The Balaban J connectivity index is 2.05. The monoisotopic (exact) mass is 557 g/mol. The van der Waals surface area contributed by atoms with Crippen LogP contribution in [0.2, 0.25) is 5.02 Å². The molecule has 0 spiro atoms. The van der Waals surface area contributed by atoms with Crippen molar-refractivity contribution in [3.05, 3.63) is 89.4 Å². The van der Waals surface area contributed by atoms with Crippen LogP contribution in [-0.4, -0.2) is 51.4 Å². The quantitative estimate of drug-likeness (QED) is 0.354. The molecule has 3 rings (SSSR count). The summed E-state index contributed by atoms with van der Waals surface area (Å²) in [7, 11) is -2.63. The maximum Gasteiger partial charge on any atom is 0.264 e. The van der Waals surface area contributed by atoms with Crippen molar-refractivity contribution in [1.29, 1.82) is 0 Å². The number of hydrogen-bond donors (Lipinski definition) is 1. The first kappa shape index (κ1) is 29.0. The molecular weight excluding hydrogens is 526 g/mol. The fourth-order valence-corrected chi connectivity index (χ4v) is 5.65. The Hall–Kier alpha value is -3.56. The van der Waals surface area contributed by atoms with Crippen LogP contribution in [0.15, 0.2) is 83.8 Å². The fraction of sp³-hybridized carbons (Fsp3) is 0.286. The van der Waals surface area contributed by atoms with Gasteiger partial charge >= 0.3 is 0 Å². The molecule has 0 radical (unpaired) electrons. The number of ether oxygens (including phenoxy) is 1. The Kier molecular flexibility index (Phi) is 10.2. The van der Waals surface area contributed by atoms with Crippen molar-refractivity contribution in [2.24, 2.45) is 0 Å². The van der Waals surface area contributed by atoms with Gasteiger partial charge in [-0.1, -0.05) is 54.9 Å². The first-order chi connectivity index (χ1) is 18.2. The van der Waals surface area contributed by atoms with Gasteiger partial charge in [0.1, 0.15) is 18.3 Å². The van der Waals surface area contributed by atoms with Crippen LogP contribution in [0.5, 0.6) is 5.75 Å². The summed E-state index contributed by atoms with van der Waals surface area (Å²) in [6.07, 6.45) is 0.324. The molecular formula is C28H32ClN3O5S. The van der Waals surface area contributed by atoms with Crippen molar-refractivity contribution in [1.82, 2.24) is 10.2 Å². The molecule has 0 saturated heterocycles. The largest absolute Gasteiger partial charge is 0.494 e. The van der Waals surface area contributed by atoms with E-state index in [1.54, 1.807) is 73.7 Å². The highest BCUT2D eigenvalue weighted by atomic mass is 35.5. The Labute approximate surface area is 229 Å².